The molecule has 1 aliphatic heterocycles. The van der Waals surface area contributed by atoms with Crippen LogP contribution >= 0.6 is 15.9 Å². The summed E-state index contributed by atoms with van der Waals surface area (Å²) in [5, 5.41) is 2.86. The zero-order valence-corrected chi connectivity index (χ0v) is 14.1. The van der Waals surface area contributed by atoms with Crippen molar-refractivity contribution in [3.8, 4) is 0 Å². The molecule has 3 nitrogen and oxygen atoms in total. The summed E-state index contributed by atoms with van der Waals surface area (Å²) in [6, 6.07) is 4.68. The number of allylic oxidation sites excluding steroid dienone is 2. The van der Waals surface area contributed by atoms with Gasteiger partial charge >= 0.3 is 0 Å². The van der Waals surface area contributed by atoms with E-state index in [1.54, 1.807) is 12.1 Å². The van der Waals surface area contributed by atoms with Gasteiger partial charge in [0.25, 0.3) is 0 Å². The SMILES string of the molecule is CC1(C)CC(=O)C2=C(C1)NC(=O)CC2c1ccc(F)c(Br)c1. The van der Waals surface area contributed by atoms with Gasteiger partial charge in [-0.3, -0.25) is 9.59 Å². The van der Waals surface area contributed by atoms with Gasteiger partial charge in [-0.05, 0) is 45.5 Å². The van der Waals surface area contributed by atoms with E-state index in [1.807, 2.05) is 13.8 Å². The summed E-state index contributed by atoms with van der Waals surface area (Å²) >= 11 is 3.17. The number of rotatable bonds is 1. The van der Waals surface area contributed by atoms with Crippen LogP contribution in [0, 0.1) is 11.2 Å². The number of Topliss-reactive ketones (excluding diaryl/α,β-unsaturated/α-hetero) is 1. The molecule has 1 heterocycles. The zero-order chi connectivity index (χ0) is 16.1. The van der Waals surface area contributed by atoms with Gasteiger partial charge in [0, 0.05) is 30.0 Å². The second-order valence-electron chi connectivity index (χ2n) is 6.81. The largest absolute Gasteiger partial charge is 0.329 e. The van der Waals surface area contributed by atoms with E-state index in [1.165, 1.54) is 6.07 Å². The van der Waals surface area contributed by atoms with E-state index in [0.717, 1.165) is 11.3 Å². The Labute approximate surface area is 137 Å². The summed E-state index contributed by atoms with van der Waals surface area (Å²) in [6.07, 6.45) is 1.38. The topological polar surface area (TPSA) is 46.2 Å². The van der Waals surface area contributed by atoms with Gasteiger partial charge in [-0.2, -0.15) is 0 Å². The van der Waals surface area contributed by atoms with Crippen molar-refractivity contribution in [3.05, 3.63) is 45.3 Å². The third-order valence-electron chi connectivity index (χ3n) is 4.29. The summed E-state index contributed by atoms with van der Waals surface area (Å²) in [4.78, 5) is 24.6. The molecule has 0 saturated carbocycles. The van der Waals surface area contributed by atoms with Crippen LogP contribution in [0.4, 0.5) is 4.39 Å². The average molecular weight is 366 g/mol. The fraction of sp³-hybridized carbons (Fsp3) is 0.412. The van der Waals surface area contributed by atoms with Gasteiger partial charge in [0.2, 0.25) is 5.91 Å². The maximum absolute atomic E-state index is 13.4. The summed E-state index contributed by atoms with van der Waals surface area (Å²) in [6.45, 7) is 4.05. The van der Waals surface area contributed by atoms with Crippen molar-refractivity contribution in [2.24, 2.45) is 5.41 Å². The van der Waals surface area contributed by atoms with Crippen molar-refractivity contribution in [2.75, 3.05) is 0 Å². The Balaban J connectivity index is 2.08. The van der Waals surface area contributed by atoms with Crippen LogP contribution in [0.15, 0.2) is 33.9 Å². The lowest BCUT2D eigenvalue weighted by molar-refractivity contribution is -0.122. The number of hydrogen-bond acceptors (Lipinski definition) is 2. The predicted octanol–water partition coefficient (Wildman–Crippen LogP) is 3.83. The third-order valence-corrected chi connectivity index (χ3v) is 4.90. The quantitative estimate of drug-likeness (QED) is 0.821. The van der Waals surface area contributed by atoms with Gasteiger partial charge in [-0.1, -0.05) is 19.9 Å². The second kappa shape index (κ2) is 5.30. The lowest BCUT2D eigenvalue weighted by Gasteiger charge is -2.37. The minimum absolute atomic E-state index is 0.0803. The van der Waals surface area contributed by atoms with Crippen LogP contribution < -0.4 is 5.32 Å². The maximum atomic E-state index is 13.4. The van der Waals surface area contributed by atoms with Crippen molar-refractivity contribution >= 4 is 27.6 Å². The molecule has 1 unspecified atom stereocenters. The molecular formula is C17H17BrFNO2. The molecule has 0 spiro atoms. The van der Waals surface area contributed by atoms with Crippen molar-refractivity contribution < 1.29 is 14.0 Å². The molecule has 1 atom stereocenters. The third kappa shape index (κ3) is 2.74. The van der Waals surface area contributed by atoms with E-state index in [0.29, 0.717) is 22.9 Å². The Kier molecular flexibility index (Phi) is 3.71. The maximum Gasteiger partial charge on any atom is 0.225 e. The highest BCUT2D eigenvalue weighted by atomic mass is 79.9. The van der Waals surface area contributed by atoms with E-state index in [9.17, 15) is 14.0 Å². The standard InChI is InChI=1S/C17H17BrFNO2/c1-17(2)7-13-16(14(21)8-17)10(6-15(22)20-13)9-3-4-12(19)11(18)5-9/h3-5,10H,6-8H2,1-2H3,(H,20,22). The highest BCUT2D eigenvalue weighted by Gasteiger charge is 2.40. The van der Waals surface area contributed by atoms with Crippen LogP contribution in [-0.4, -0.2) is 11.7 Å². The summed E-state index contributed by atoms with van der Waals surface area (Å²) in [5.74, 6) is -0.648. The Morgan fingerprint density at radius 3 is 2.68 bits per heavy atom. The molecule has 5 heteroatoms. The molecular weight excluding hydrogens is 349 g/mol. The van der Waals surface area contributed by atoms with E-state index < -0.39 is 0 Å². The van der Waals surface area contributed by atoms with Crippen LogP contribution in [0.1, 0.15) is 44.6 Å². The van der Waals surface area contributed by atoms with E-state index >= 15 is 0 Å². The first-order valence-corrected chi connectivity index (χ1v) is 8.07. The zero-order valence-electron chi connectivity index (χ0n) is 12.5. The fourth-order valence-corrected chi connectivity index (χ4v) is 3.77. The van der Waals surface area contributed by atoms with Crippen LogP contribution in [0.25, 0.3) is 0 Å². The number of carbonyl (C=O) groups is 2. The smallest absolute Gasteiger partial charge is 0.225 e. The molecule has 1 aliphatic carbocycles. The highest BCUT2D eigenvalue weighted by molar-refractivity contribution is 9.10. The molecule has 0 fully saturated rings. The van der Waals surface area contributed by atoms with Gasteiger partial charge in [-0.25, -0.2) is 4.39 Å². The number of ketones is 1. The molecule has 1 aromatic carbocycles. The second-order valence-corrected chi connectivity index (χ2v) is 7.67. The Hall–Kier alpha value is -1.49. The lowest BCUT2D eigenvalue weighted by atomic mass is 9.70. The van der Waals surface area contributed by atoms with Crippen molar-refractivity contribution in [1.82, 2.24) is 5.32 Å². The Bertz CT molecular complexity index is 709. The van der Waals surface area contributed by atoms with E-state index in [2.05, 4.69) is 21.2 Å². The summed E-state index contributed by atoms with van der Waals surface area (Å²) < 4.78 is 13.8. The number of carbonyl (C=O) groups excluding carboxylic acids is 2. The van der Waals surface area contributed by atoms with Crippen LogP contribution in [-0.2, 0) is 9.59 Å². The van der Waals surface area contributed by atoms with E-state index in [4.69, 9.17) is 0 Å². The number of hydrogen-bond donors (Lipinski definition) is 1. The first kappa shape index (κ1) is 15.4. The molecule has 1 N–H and O–H groups in total. The molecule has 0 radical (unpaired) electrons. The molecule has 2 aliphatic rings. The Morgan fingerprint density at radius 1 is 1.27 bits per heavy atom. The minimum atomic E-state index is -0.352. The minimum Gasteiger partial charge on any atom is -0.329 e. The first-order chi connectivity index (χ1) is 10.3. The van der Waals surface area contributed by atoms with Crippen molar-refractivity contribution in [1.29, 1.82) is 0 Å². The first-order valence-electron chi connectivity index (χ1n) is 7.28. The molecule has 0 saturated heterocycles. The van der Waals surface area contributed by atoms with Crippen molar-refractivity contribution in [2.45, 2.75) is 39.0 Å². The molecule has 3 rings (SSSR count). The predicted molar refractivity (Wildman–Crippen MR) is 84.6 cm³/mol. The fourth-order valence-electron chi connectivity index (χ4n) is 3.37. The number of benzene rings is 1. The number of amides is 1. The van der Waals surface area contributed by atoms with Crippen LogP contribution in [0.3, 0.4) is 0 Å². The average Bonchev–Trinajstić information content (AvgIpc) is 2.39. The molecule has 116 valence electrons. The molecule has 1 aromatic rings. The van der Waals surface area contributed by atoms with Gasteiger partial charge < -0.3 is 5.32 Å². The van der Waals surface area contributed by atoms with Gasteiger partial charge in [0.1, 0.15) is 5.82 Å². The monoisotopic (exact) mass is 365 g/mol. The highest BCUT2D eigenvalue weighted by Crippen LogP contribution is 2.44. The summed E-state index contributed by atoms with van der Waals surface area (Å²) in [7, 11) is 0. The van der Waals surface area contributed by atoms with Crippen LogP contribution in [0.5, 0.6) is 0 Å². The van der Waals surface area contributed by atoms with Gasteiger partial charge in [-0.15, -0.1) is 0 Å². The van der Waals surface area contributed by atoms with Gasteiger partial charge in [0.15, 0.2) is 5.78 Å². The molecule has 1 amide bonds. The molecule has 0 bridgehead atoms. The molecule has 0 aromatic heterocycles. The van der Waals surface area contributed by atoms with Crippen molar-refractivity contribution in [3.63, 3.8) is 0 Å². The summed E-state index contributed by atoms with van der Waals surface area (Å²) in [5.41, 5.74) is 2.08. The number of nitrogens with one attached hydrogen (secondary N) is 1. The van der Waals surface area contributed by atoms with Gasteiger partial charge in [0.05, 0.1) is 4.47 Å². The lowest BCUT2D eigenvalue weighted by Crippen LogP contribution is -2.40. The van der Waals surface area contributed by atoms with E-state index in [-0.39, 0.29) is 35.3 Å². The van der Waals surface area contributed by atoms with Crippen LogP contribution in [0.2, 0.25) is 0 Å². The Morgan fingerprint density at radius 2 is 2.00 bits per heavy atom. The molecule has 22 heavy (non-hydrogen) atoms. The number of halogens is 2. The normalized spacial score (nSPS) is 24.1.